The molecule has 2 aromatic carbocycles. The standard InChI is InChI=1S/C39H42N2O19/c1-2-13-7-16(12-41-35(13)40)17-3-5-39(34(52)30(50)29(49)33(60-39)37(55)58-38-31(51)27(47)28(48)32(57-38)36(53)54)59-22-11-21-24(26(46)23(17)22)18(43)10-20(56-21)15-8-14(4-6-42)25(45)19(44)9-15/h3,5,7-12,17,27-35,38,41-42,44-52H,2,4,6,40H2,1H3,(H,53,54)/t17-,27+,28+,29+,30+,31-,32+,33+,34-,35?,38-,39+/m1/s1. The lowest BCUT2D eigenvalue weighted by molar-refractivity contribution is -0.321. The molecule has 322 valence electrons. The fourth-order valence-electron chi connectivity index (χ4n) is 7.59. The van der Waals surface area contributed by atoms with Crippen molar-refractivity contribution in [1.82, 2.24) is 5.32 Å². The molecule has 3 aromatic rings. The Morgan fingerprint density at radius 3 is 2.33 bits per heavy atom. The van der Waals surface area contributed by atoms with Crippen molar-refractivity contribution in [3.63, 3.8) is 0 Å². The second-order valence-electron chi connectivity index (χ2n) is 14.6. The van der Waals surface area contributed by atoms with Crippen LogP contribution in [0.5, 0.6) is 23.0 Å². The molecule has 5 heterocycles. The number of fused-ring (bicyclic) bond motifs is 2. The van der Waals surface area contributed by atoms with Gasteiger partial charge in [0.1, 0.15) is 58.7 Å². The number of hydrogen-bond donors (Lipinski definition) is 13. The van der Waals surface area contributed by atoms with E-state index in [1.165, 1.54) is 18.3 Å². The summed E-state index contributed by atoms with van der Waals surface area (Å²) in [6, 6.07) is 4.62. The molecule has 2 fully saturated rings. The number of carbonyl (C=O) groups is 2. The Hall–Kier alpha value is -5.59. The Balaban J connectivity index is 1.35. The van der Waals surface area contributed by atoms with Gasteiger partial charge in [0.15, 0.2) is 35.2 Å². The largest absolute Gasteiger partial charge is 0.507 e. The maximum atomic E-state index is 13.8. The van der Waals surface area contributed by atoms with Gasteiger partial charge in [-0.1, -0.05) is 19.1 Å². The van der Waals surface area contributed by atoms with Gasteiger partial charge in [0.2, 0.25) is 6.29 Å². The molecule has 60 heavy (non-hydrogen) atoms. The van der Waals surface area contributed by atoms with Gasteiger partial charge in [-0.2, -0.15) is 0 Å². The minimum atomic E-state index is -2.66. The van der Waals surface area contributed by atoms with Crippen molar-refractivity contribution < 1.29 is 89.1 Å². The first-order valence-corrected chi connectivity index (χ1v) is 18.6. The Bertz CT molecular complexity index is 2360. The van der Waals surface area contributed by atoms with Gasteiger partial charge in [0.05, 0.1) is 6.17 Å². The van der Waals surface area contributed by atoms with Gasteiger partial charge < -0.3 is 90.6 Å². The van der Waals surface area contributed by atoms with Crippen LogP contribution in [-0.2, 0) is 30.2 Å². The van der Waals surface area contributed by atoms with Crippen LogP contribution in [0.2, 0.25) is 0 Å². The number of carboxylic acids is 1. The maximum absolute atomic E-state index is 13.8. The van der Waals surface area contributed by atoms with Gasteiger partial charge >= 0.3 is 11.9 Å². The van der Waals surface area contributed by atoms with Crippen molar-refractivity contribution in [1.29, 1.82) is 0 Å². The molecule has 0 bridgehead atoms. The first-order valence-electron chi connectivity index (χ1n) is 18.6. The molecule has 2 saturated heterocycles. The number of dihydropyridines is 1. The molecule has 21 heteroatoms. The molecule has 21 nitrogen and oxygen atoms in total. The maximum Gasteiger partial charge on any atom is 0.340 e. The molecule has 0 saturated carbocycles. The molecule has 0 aliphatic carbocycles. The fourth-order valence-corrected chi connectivity index (χ4v) is 7.59. The lowest BCUT2D eigenvalue weighted by Crippen LogP contribution is -2.68. The number of phenols is 3. The number of carbonyl (C=O) groups excluding carboxylic acids is 1. The number of aliphatic carboxylic acids is 1. The summed E-state index contributed by atoms with van der Waals surface area (Å²) in [4.78, 5) is 39.1. The Kier molecular flexibility index (Phi) is 11.4. The summed E-state index contributed by atoms with van der Waals surface area (Å²) in [6.45, 7) is 1.45. The van der Waals surface area contributed by atoms with Crippen molar-refractivity contribution in [2.75, 3.05) is 6.61 Å². The highest BCUT2D eigenvalue weighted by Crippen LogP contribution is 2.49. The number of carboxylic acid groups (broad SMARTS) is 1. The summed E-state index contributed by atoms with van der Waals surface area (Å²) in [5.74, 6) is -9.46. The number of esters is 1. The third kappa shape index (κ3) is 7.23. The van der Waals surface area contributed by atoms with Crippen LogP contribution in [-0.4, -0.2) is 142 Å². The SMILES string of the molecule is CCC1=CC([C@H]2C=C[C@]3(Oc4cc5oc(-c6cc(O)c(O)c(CCO)c6)cc(=O)c5c(O)c42)O[C@H](C(=O)O[C@H]2O[C@H](C(=O)O)[C@@H](O)[C@H](O)[C@H]2O)[C@@H](O)[C@H](O)[C@H]3O)=CNC1N. The molecular weight excluding hydrogens is 800 g/mol. The average molecular weight is 843 g/mol. The smallest absolute Gasteiger partial charge is 0.340 e. The quantitative estimate of drug-likeness (QED) is 0.0654. The van der Waals surface area contributed by atoms with E-state index in [1.54, 1.807) is 6.08 Å². The van der Waals surface area contributed by atoms with Crippen molar-refractivity contribution in [3.05, 3.63) is 81.2 Å². The van der Waals surface area contributed by atoms with E-state index in [0.717, 1.165) is 29.8 Å². The third-order valence-corrected chi connectivity index (χ3v) is 10.9. The van der Waals surface area contributed by atoms with E-state index in [9.17, 15) is 70.6 Å². The highest BCUT2D eigenvalue weighted by atomic mass is 16.8. The van der Waals surface area contributed by atoms with Gasteiger partial charge in [-0.25, -0.2) is 9.59 Å². The van der Waals surface area contributed by atoms with E-state index in [1.807, 2.05) is 6.92 Å². The van der Waals surface area contributed by atoms with Crippen molar-refractivity contribution in [3.8, 4) is 34.3 Å². The van der Waals surface area contributed by atoms with Crippen LogP contribution in [0.1, 0.15) is 30.4 Å². The van der Waals surface area contributed by atoms with Crippen molar-refractivity contribution in [2.24, 2.45) is 5.73 Å². The second-order valence-corrected chi connectivity index (χ2v) is 14.6. The van der Waals surface area contributed by atoms with E-state index in [2.05, 4.69) is 5.32 Å². The Labute approximate surface area is 337 Å². The molecule has 0 radical (unpaired) electrons. The van der Waals surface area contributed by atoms with Gasteiger partial charge in [0, 0.05) is 47.5 Å². The number of aliphatic hydroxyl groups is 7. The normalized spacial score (nSPS) is 32.6. The summed E-state index contributed by atoms with van der Waals surface area (Å²) >= 11 is 0. The number of rotatable bonds is 8. The zero-order chi connectivity index (χ0) is 43.5. The molecule has 4 aliphatic rings. The summed E-state index contributed by atoms with van der Waals surface area (Å²) < 4.78 is 28.3. The molecule has 12 atom stereocenters. The van der Waals surface area contributed by atoms with Gasteiger partial charge in [-0.15, -0.1) is 0 Å². The monoisotopic (exact) mass is 842 g/mol. The van der Waals surface area contributed by atoms with E-state index in [0.29, 0.717) is 12.0 Å². The average Bonchev–Trinajstić information content (AvgIpc) is 3.37. The Morgan fingerprint density at radius 2 is 1.65 bits per heavy atom. The number of phenolic OH excluding ortho intramolecular Hbond substituents is 3. The van der Waals surface area contributed by atoms with E-state index >= 15 is 0 Å². The van der Waals surface area contributed by atoms with E-state index < -0.39 is 114 Å². The fraction of sp³-hybridized carbons (Fsp3) is 0.410. The predicted molar refractivity (Wildman–Crippen MR) is 200 cm³/mol. The van der Waals surface area contributed by atoms with Crippen LogP contribution in [0.4, 0.5) is 0 Å². The first-order chi connectivity index (χ1) is 28.4. The number of benzene rings is 2. The number of ether oxygens (including phenoxy) is 4. The zero-order valence-electron chi connectivity index (χ0n) is 31.4. The molecule has 1 spiro atoms. The predicted octanol–water partition coefficient (Wildman–Crippen LogP) is -2.13. The number of nitrogens with one attached hydrogen (secondary N) is 1. The molecule has 4 aliphatic heterocycles. The molecular formula is C39H42N2O19. The number of hydrogen-bond acceptors (Lipinski definition) is 20. The van der Waals surface area contributed by atoms with E-state index in [4.69, 9.17) is 29.1 Å². The topological polar surface area (TPSA) is 362 Å². The lowest BCUT2D eigenvalue weighted by atomic mass is 9.85. The minimum Gasteiger partial charge on any atom is -0.507 e. The molecule has 1 aromatic heterocycles. The highest BCUT2D eigenvalue weighted by Gasteiger charge is 2.59. The van der Waals surface area contributed by atoms with Gasteiger partial charge in [0.25, 0.3) is 5.79 Å². The summed E-state index contributed by atoms with van der Waals surface area (Å²) in [5, 5.41) is 119. The van der Waals surface area contributed by atoms with E-state index in [-0.39, 0.29) is 45.6 Å². The Morgan fingerprint density at radius 1 is 0.933 bits per heavy atom. The van der Waals surface area contributed by atoms with Crippen LogP contribution in [0.3, 0.4) is 0 Å². The van der Waals surface area contributed by atoms with Gasteiger partial charge in [-0.05, 0) is 42.2 Å². The number of allylic oxidation sites excluding steroid dienone is 3. The third-order valence-electron chi connectivity index (χ3n) is 10.9. The van der Waals surface area contributed by atoms with Crippen molar-refractivity contribution >= 4 is 22.9 Å². The lowest BCUT2D eigenvalue weighted by Gasteiger charge is -2.46. The van der Waals surface area contributed by atoms with Crippen LogP contribution in [0, 0.1) is 0 Å². The van der Waals surface area contributed by atoms with Crippen LogP contribution in [0.25, 0.3) is 22.3 Å². The zero-order valence-corrected chi connectivity index (χ0v) is 31.4. The van der Waals surface area contributed by atoms with Crippen LogP contribution in [0.15, 0.2) is 69.1 Å². The number of aromatic hydroxyl groups is 3. The van der Waals surface area contributed by atoms with Crippen LogP contribution < -0.4 is 21.2 Å². The number of nitrogens with two attached hydrogens (primary N) is 1. The van der Waals surface area contributed by atoms with Crippen LogP contribution >= 0.6 is 0 Å². The van der Waals surface area contributed by atoms with Gasteiger partial charge in [-0.3, -0.25) is 4.79 Å². The summed E-state index contributed by atoms with van der Waals surface area (Å²) in [6.07, 6.45) is -14.6. The second kappa shape index (κ2) is 16.1. The highest BCUT2D eigenvalue weighted by molar-refractivity contribution is 5.89. The number of aliphatic hydroxyl groups excluding tert-OH is 7. The first kappa shape index (κ1) is 42.5. The molecule has 0 amide bonds. The van der Waals surface area contributed by atoms with Crippen molar-refractivity contribution in [2.45, 2.75) is 92.8 Å². The molecule has 7 rings (SSSR count). The summed E-state index contributed by atoms with van der Waals surface area (Å²) in [7, 11) is 0. The molecule has 1 unspecified atom stereocenters. The minimum absolute atomic E-state index is 0.0763. The molecule has 14 N–H and O–H groups in total. The summed E-state index contributed by atoms with van der Waals surface area (Å²) in [5.41, 5.74) is 6.33.